The van der Waals surface area contributed by atoms with Crippen molar-refractivity contribution in [3.05, 3.63) is 52.6 Å². The normalized spacial score (nSPS) is 10.0. The van der Waals surface area contributed by atoms with Crippen molar-refractivity contribution in [2.45, 2.75) is 6.61 Å². The maximum atomic E-state index is 5.55. The minimum absolute atomic E-state index is 0.499. The van der Waals surface area contributed by atoms with Crippen molar-refractivity contribution in [2.75, 3.05) is 7.11 Å². The molecule has 1 aromatic heterocycles. The molecule has 0 spiro atoms. The van der Waals surface area contributed by atoms with Crippen LogP contribution in [0, 0.1) is 0 Å². The predicted octanol–water partition coefficient (Wildman–Crippen LogP) is 3.43. The van der Waals surface area contributed by atoms with Crippen molar-refractivity contribution in [1.82, 2.24) is 4.98 Å². The van der Waals surface area contributed by atoms with Gasteiger partial charge in [0.1, 0.15) is 12.4 Å². The molecule has 0 saturated carbocycles. The molecule has 0 unspecified atom stereocenters. The van der Waals surface area contributed by atoms with Crippen molar-refractivity contribution < 1.29 is 9.47 Å². The van der Waals surface area contributed by atoms with Crippen LogP contribution < -0.4 is 9.47 Å². The Morgan fingerprint density at radius 1 is 1.12 bits per heavy atom. The van der Waals surface area contributed by atoms with E-state index in [2.05, 4.69) is 20.9 Å². The monoisotopic (exact) mass is 293 g/mol. The Morgan fingerprint density at radius 3 is 2.47 bits per heavy atom. The molecule has 0 fully saturated rings. The molecule has 1 aromatic carbocycles. The fourth-order valence-corrected chi connectivity index (χ4v) is 1.56. The summed E-state index contributed by atoms with van der Waals surface area (Å²) in [6.45, 7) is 0.499. The molecule has 3 nitrogen and oxygen atoms in total. The van der Waals surface area contributed by atoms with Gasteiger partial charge in [0, 0.05) is 16.7 Å². The van der Waals surface area contributed by atoms with E-state index < -0.39 is 0 Å². The van der Waals surface area contributed by atoms with Gasteiger partial charge in [0.15, 0.2) is 0 Å². The minimum atomic E-state index is 0.499. The summed E-state index contributed by atoms with van der Waals surface area (Å²) in [7, 11) is 1.65. The molecule has 0 aliphatic carbocycles. The Balaban J connectivity index is 1.95. The first-order chi connectivity index (χ1) is 8.28. The van der Waals surface area contributed by atoms with Crippen molar-refractivity contribution >= 4 is 15.9 Å². The SMILES string of the molecule is COc1ccc(COc2ccc(Br)cn2)cc1. The number of hydrogen-bond acceptors (Lipinski definition) is 3. The lowest BCUT2D eigenvalue weighted by Gasteiger charge is -2.06. The standard InChI is InChI=1S/C13H12BrNO2/c1-16-12-5-2-10(3-6-12)9-17-13-7-4-11(14)8-15-13/h2-8H,9H2,1H3. The van der Waals surface area contributed by atoms with Gasteiger partial charge in [-0.1, -0.05) is 12.1 Å². The first-order valence-electron chi connectivity index (χ1n) is 5.15. The highest BCUT2D eigenvalue weighted by Gasteiger charge is 1.98. The molecular formula is C13H12BrNO2. The molecule has 0 aliphatic heterocycles. The summed E-state index contributed by atoms with van der Waals surface area (Å²) >= 11 is 3.33. The first kappa shape index (κ1) is 11.9. The minimum Gasteiger partial charge on any atom is -0.497 e. The van der Waals surface area contributed by atoms with E-state index in [0.29, 0.717) is 12.5 Å². The summed E-state index contributed by atoms with van der Waals surface area (Å²) in [5.74, 6) is 1.46. The smallest absolute Gasteiger partial charge is 0.213 e. The maximum Gasteiger partial charge on any atom is 0.213 e. The molecule has 2 rings (SSSR count). The van der Waals surface area contributed by atoms with Crippen LogP contribution in [0.1, 0.15) is 5.56 Å². The molecule has 17 heavy (non-hydrogen) atoms. The van der Waals surface area contributed by atoms with E-state index in [9.17, 15) is 0 Å². The van der Waals surface area contributed by atoms with Crippen molar-refractivity contribution in [1.29, 1.82) is 0 Å². The Bertz CT molecular complexity index is 468. The average molecular weight is 294 g/mol. The summed E-state index contributed by atoms with van der Waals surface area (Å²) in [5.41, 5.74) is 1.08. The highest BCUT2D eigenvalue weighted by atomic mass is 79.9. The number of rotatable bonds is 4. The number of aromatic nitrogens is 1. The van der Waals surface area contributed by atoms with E-state index in [1.165, 1.54) is 0 Å². The van der Waals surface area contributed by atoms with Crippen LogP contribution in [0.25, 0.3) is 0 Å². The number of halogens is 1. The summed E-state index contributed by atoms with van der Waals surface area (Å²) in [5, 5.41) is 0. The van der Waals surface area contributed by atoms with Gasteiger partial charge in [-0.3, -0.25) is 0 Å². The van der Waals surface area contributed by atoms with Crippen LogP contribution in [0.15, 0.2) is 47.1 Å². The number of benzene rings is 1. The molecule has 0 aliphatic rings. The molecule has 0 saturated heterocycles. The van der Waals surface area contributed by atoms with Crippen molar-refractivity contribution in [2.24, 2.45) is 0 Å². The zero-order valence-electron chi connectivity index (χ0n) is 9.39. The Morgan fingerprint density at radius 2 is 1.88 bits per heavy atom. The lowest BCUT2D eigenvalue weighted by Crippen LogP contribution is -1.96. The molecule has 4 heteroatoms. The first-order valence-corrected chi connectivity index (χ1v) is 5.94. The van der Waals surface area contributed by atoms with E-state index in [1.807, 2.05) is 36.4 Å². The maximum absolute atomic E-state index is 5.55. The topological polar surface area (TPSA) is 31.4 Å². The molecule has 0 N–H and O–H groups in total. The van der Waals surface area contributed by atoms with Crippen molar-refractivity contribution in [3.63, 3.8) is 0 Å². The number of ether oxygens (including phenoxy) is 2. The summed E-state index contributed by atoms with van der Waals surface area (Å²) in [4.78, 5) is 4.13. The lowest BCUT2D eigenvalue weighted by molar-refractivity contribution is 0.293. The Hall–Kier alpha value is -1.55. The molecule has 0 atom stereocenters. The second kappa shape index (κ2) is 5.68. The van der Waals surface area contributed by atoms with E-state index in [-0.39, 0.29) is 0 Å². The second-order valence-corrected chi connectivity index (χ2v) is 4.37. The van der Waals surface area contributed by atoms with Crippen LogP contribution in [0.5, 0.6) is 11.6 Å². The average Bonchev–Trinajstić information content (AvgIpc) is 2.39. The zero-order valence-corrected chi connectivity index (χ0v) is 11.0. The fraction of sp³-hybridized carbons (Fsp3) is 0.154. The predicted molar refractivity (Wildman–Crippen MR) is 69.3 cm³/mol. The quantitative estimate of drug-likeness (QED) is 0.865. The van der Waals surface area contributed by atoms with E-state index in [1.54, 1.807) is 13.3 Å². The van der Waals surface area contributed by atoms with Gasteiger partial charge in [-0.15, -0.1) is 0 Å². The number of nitrogens with zero attached hydrogens (tertiary/aromatic N) is 1. The molecule has 1 heterocycles. The Labute approximate surface area is 109 Å². The van der Waals surface area contributed by atoms with Gasteiger partial charge in [-0.05, 0) is 39.7 Å². The fourth-order valence-electron chi connectivity index (χ4n) is 1.33. The third-order valence-electron chi connectivity index (χ3n) is 2.25. The number of methoxy groups -OCH3 is 1. The van der Waals surface area contributed by atoms with Crippen LogP contribution in [-0.4, -0.2) is 12.1 Å². The molecule has 0 radical (unpaired) electrons. The molecule has 2 aromatic rings. The van der Waals surface area contributed by atoms with E-state index in [4.69, 9.17) is 9.47 Å². The number of pyridine rings is 1. The van der Waals surface area contributed by atoms with E-state index in [0.717, 1.165) is 15.8 Å². The second-order valence-electron chi connectivity index (χ2n) is 3.45. The molecule has 0 bridgehead atoms. The highest BCUT2D eigenvalue weighted by Crippen LogP contribution is 2.15. The van der Waals surface area contributed by atoms with Gasteiger partial charge in [0.25, 0.3) is 0 Å². The lowest BCUT2D eigenvalue weighted by atomic mass is 10.2. The van der Waals surface area contributed by atoms with Gasteiger partial charge in [-0.2, -0.15) is 0 Å². The van der Waals surface area contributed by atoms with Crippen LogP contribution in [0.2, 0.25) is 0 Å². The molecule has 0 amide bonds. The van der Waals surface area contributed by atoms with Gasteiger partial charge < -0.3 is 9.47 Å². The van der Waals surface area contributed by atoms with Gasteiger partial charge in [-0.25, -0.2) is 4.98 Å². The van der Waals surface area contributed by atoms with E-state index >= 15 is 0 Å². The van der Waals surface area contributed by atoms with Crippen LogP contribution in [0.4, 0.5) is 0 Å². The Kier molecular flexibility index (Phi) is 3.98. The van der Waals surface area contributed by atoms with Crippen LogP contribution >= 0.6 is 15.9 Å². The summed E-state index contributed by atoms with van der Waals surface area (Å²) in [6, 6.07) is 11.5. The summed E-state index contributed by atoms with van der Waals surface area (Å²) < 4.78 is 11.6. The van der Waals surface area contributed by atoms with Gasteiger partial charge in [0.05, 0.1) is 7.11 Å². The zero-order chi connectivity index (χ0) is 12.1. The molecular weight excluding hydrogens is 282 g/mol. The summed E-state index contributed by atoms with van der Waals surface area (Å²) in [6.07, 6.45) is 1.71. The number of hydrogen-bond donors (Lipinski definition) is 0. The third kappa shape index (κ3) is 3.46. The largest absolute Gasteiger partial charge is 0.497 e. The van der Waals surface area contributed by atoms with Crippen LogP contribution in [0.3, 0.4) is 0 Å². The highest BCUT2D eigenvalue weighted by molar-refractivity contribution is 9.10. The van der Waals surface area contributed by atoms with Crippen molar-refractivity contribution in [3.8, 4) is 11.6 Å². The van der Waals surface area contributed by atoms with Gasteiger partial charge >= 0.3 is 0 Å². The molecule has 88 valence electrons. The van der Waals surface area contributed by atoms with Crippen LogP contribution in [-0.2, 0) is 6.61 Å². The third-order valence-corrected chi connectivity index (χ3v) is 2.72. The van der Waals surface area contributed by atoms with Gasteiger partial charge in [0.2, 0.25) is 5.88 Å².